The van der Waals surface area contributed by atoms with Gasteiger partial charge in [-0.1, -0.05) is 30.3 Å². The molecule has 0 unspecified atom stereocenters. The average Bonchev–Trinajstić information content (AvgIpc) is 2.84. The van der Waals surface area contributed by atoms with Crippen LogP contribution in [0.2, 0.25) is 0 Å². The van der Waals surface area contributed by atoms with Crippen molar-refractivity contribution < 1.29 is 9.18 Å². The van der Waals surface area contributed by atoms with E-state index in [9.17, 15) is 9.18 Å². The number of nitrogens with two attached hydrogens (primary N) is 1. The highest BCUT2D eigenvalue weighted by Gasteiger charge is 2.08. The summed E-state index contributed by atoms with van der Waals surface area (Å²) in [5.41, 5.74) is 7.23. The van der Waals surface area contributed by atoms with E-state index in [1.165, 1.54) is 6.07 Å². The molecule has 0 fully saturated rings. The van der Waals surface area contributed by atoms with E-state index < -0.39 is 5.91 Å². The third-order valence-corrected chi connectivity index (χ3v) is 3.34. The van der Waals surface area contributed by atoms with Crippen molar-refractivity contribution in [3.8, 4) is 0 Å². The van der Waals surface area contributed by atoms with Crippen LogP contribution in [0.15, 0.2) is 59.7 Å². The van der Waals surface area contributed by atoms with Gasteiger partial charge in [0.05, 0.1) is 5.69 Å². The van der Waals surface area contributed by atoms with Gasteiger partial charge in [-0.15, -0.1) is 0 Å². The molecule has 0 aliphatic rings. The summed E-state index contributed by atoms with van der Waals surface area (Å²) in [7, 11) is 0. The highest BCUT2D eigenvalue weighted by Crippen LogP contribution is 2.22. The van der Waals surface area contributed by atoms with Crippen molar-refractivity contribution in [3.63, 3.8) is 0 Å². The molecule has 1 amide bonds. The number of halogens is 1. The summed E-state index contributed by atoms with van der Waals surface area (Å²) in [6, 6.07) is 13.9. The highest BCUT2D eigenvalue weighted by atomic mass is 19.1. The van der Waals surface area contributed by atoms with E-state index >= 15 is 0 Å². The number of hydrogen-bond acceptors (Lipinski definition) is 2. The van der Waals surface area contributed by atoms with Gasteiger partial charge in [0.25, 0.3) is 0 Å². The molecule has 3 aromatic rings. The maximum Gasteiger partial charge on any atom is 0.237 e. The number of para-hydroxylation sites is 2. The molecule has 110 valence electrons. The minimum Gasteiger partial charge on any atom is -0.368 e. The lowest BCUT2D eigenvalue weighted by atomic mass is 10.2. The molecule has 1 heterocycles. The Kier molecular flexibility index (Phi) is 3.70. The SMILES string of the molecule is NC(=O)Cn1cc(C=Nc2ccccc2F)c2ccccc21. The Morgan fingerprint density at radius 1 is 1.18 bits per heavy atom. The van der Waals surface area contributed by atoms with Crippen LogP contribution in [0.5, 0.6) is 0 Å². The van der Waals surface area contributed by atoms with Crippen molar-refractivity contribution in [2.24, 2.45) is 10.7 Å². The zero-order valence-electron chi connectivity index (χ0n) is 11.7. The number of primary amides is 1. The number of aromatic nitrogens is 1. The van der Waals surface area contributed by atoms with Crippen molar-refractivity contribution in [2.45, 2.75) is 6.54 Å². The second kappa shape index (κ2) is 5.81. The van der Waals surface area contributed by atoms with Crippen LogP contribution in [0.4, 0.5) is 10.1 Å². The Bertz CT molecular complexity index is 867. The monoisotopic (exact) mass is 295 g/mol. The fourth-order valence-corrected chi connectivity index (χ4v) is 2.37. The molecule has 4 nitrogen and oxygen atoms in total. The lowest BCUT2D eigenvalue weighted by Gasteiger charge is -2.00. The van der Waals surface area contributed by atoms with Crippen LogP contribution in [0, 0.1) is 5.82 Å². The fraction of sp³-hybridized carbons (Fsp3) is 0.0588. The molecule has 0 saturated heterocycles. The van der Waals surface area contributed by atoms with Crippen LogP contribution < -0.4 is 5.73 Å². The zero-order valence-corrected chi connectivity index (χ0v) is 11.7. The largest absolute Gasteiger partial charge is 0.368 e. The molecular formula is C17H14FN3O. The number of benzene rings is 2. The first-order chi connectivity index (χ1) is 10.6. The van der Waals surface area contributed by atoms with Gasteiger partial charge in [-0.2, -0.15) is 0 Å². The summed E-state index contributed by atoms with van der Waals surface area (Å²) >= 11 is 0. The number of rotatable bonds is 4. The highest BCUT2D eigenvalue weighted by molar-refractivity contribution is 6.00. The van der Waals surface area contributed by atoms with E-state index in [2.05, 4.69) is 4.99 Å². The van der Waals surface area contributed by atoms with E-state index in [4.69, 9.17) is 5.73 Å². The lowest BCUT2D eigenvalue weighted by molar-refractivity contribution is -0.118. The summed E-state index contributed by atoms with van der Waals surface area (Å²) in [5.74, 6) is -0.794. The third kappa shape index (κ3) is 2.74. The molecule has 0 bridgehead atoms. The number of fused-ring (bicyclic) bond motifs is 1. The predicted octanol–water partition coefficient (Wildman–Crippen LogP) is 3.02. The second-order valence-corrected chi connectivity index (χ2v) is 4.91. The normalized spacial score (nSPS) is 11.3. The minimum absolute atomic E-state index is 0.0913. The third-order valence-electron chi connectivity index (χ3n) is 3.34. The minimum atomic E-state index is -0.418. The van der Waals surface area contributed by atoms with Gasteiger partial charge in [0.15, 0.2) is 0 Å². The molecule has 2 aromatic carbocycles. The molecular weight excluding hydrogens is 281 g/mol. The topological polar surface area (TPSA) is 60.4 Å². The lowest BCUT2D eigenvalue weighted by Crippen LogP contribution is -2.17. The smallest absolute Gasteiger partial charge is 0.237 e. The number of nitrogens with zero attached hydrogens (tertiary/aromatic N) is 2. The van der Waals surface area contributed by atoms with Crippen LogP contribution >= 0.6 is 0 Å². The molecule has 1 aromatic heterocycles. The van der Waals surface area contributed by atoms with Crippen molar-refractivity contribution in [3.05, 3.63) is 66.1 Å². The number of carbonyl (C=O) groups is 1. The van der Waals surface area contributed by atoms with Crippen LogP contribution in [0.3, 0.4) is 0 Å². The van der Waals surface area contributed by atoms with E-state index in [-0.39, 0.29) is 18.0 Å². The first kappa shape index (κ1) is 14.0. The zero-order chi connectivity index (χ0) is 15.5. The van der Waals surface area contributed by atoms with Gasteiger partial charge in [0, 0.05) is 28.9 Å². The average molecular weight is 295 g/mol. The Morgan fingerprint density at radius 2 is 1.91 bits per heavy atom. The first-order valence-electron chi connectivity index (χ1n) is 6.80. The Labute approximate surface area is 126 Å². The molecule has 0 spiro atoms. The quantitative estimate of drug-likeness (QED) is 0.739. The van der Waals surface area contributed by atoms with Crippen molar-refractivity contribution in [1.82, 2.24) is 4.57 Å². The van der Waals surface area contributed by atoms with Crippen molar-refractivity contribution >= 4 is 28.7 Å². The fourth-order valence-electron chi connectivity index (χ4n) is 2.37. The summed E-state index contributed by atoms with van der Waals surface area (Å²) in [6.45, 7) is 0.0913. The van der Waals surface area contributed by atoms with Crippen LogP contribution in [0.1, 0.15) is 5.56 Å². The van der Waals surface area contributed by atoms with Gasteiger partial charge in [-0.3, -0.25) is 9.79 Å². The van der Waals surface area contributed by atoms with E-state index in [0.29, 0.717) is 0 Å². The number of carbonyl (C=O) groups excluding carboxylic acids is 1. The van der Waals surface area contributed by atoms with Gasteiger partial charge < -0.3 is 10.3 Å². The van der Waals surface area contributed by atoms with Gasteiger partial charge in [0.2, 0.25) is 5.91 Å². The Morgan fingerprint density at radius 3 is 2.68 bits per heavy atom. The molecule has 2 N–H and O–H groups in total. The van der Waals surface area contributed by atoms with E-state index in [0.717, 1.165) is 16.5 Å². The Hall–Kier alpha value is -2.95. The molecule has 0 radical (unpaired) electrons. The summed E-state index contributed by atoms with van der Waals surface area (Å²) in [4.78, 5) is 15.4. The van der Waals surface area contributed by atoms with Crippen LogP contribution in [0.25, 0.3) is 10.9 Å². The van der Waals surface area contributed by atoms with Gasteiger partial charge >= 0.3 is 0 Å². The maximum absolute atomic E-state index is 13.6. The van der Waals surface area contributed by atoms with Crippen molar-refractivity contribution in [2.75, 3.05) is 0 Å². The van der Waals surface area contributed by atoms with Gasteiger partial charge in [0.1, 0.15) is 12.4 Å². The standard InChI is InChI=1S/C17H14FN3O/c18-14-6-2-3-7-15(14)20-9-12-10-21(11-17(19)22)16-8-4-1-5-13(12)16/h1-10H,11H2,(H2,19,22). The van der Waals surface area contributed by atoms with Crippen LogP contribution in [-0.2, 0) is 11.3 Å². The number of amides is 1. The van der Waals surface area contributed by atoms with Gasteiger partial charge in [-0.25, -0.2) is 4.39 Å². The Balaban J connectivity index is 2.04. The summed E-state index contributed by atoms with van der Waals surface area (Å²) < 4.78 is 15.4. The van der Waals surface area contributed by atoms with E-state index in [1.807, 2.05) is 24.3 Å². The van der Waals surface area contributed by atoms with Gasteiger partial charge in [-0.05, 0) is 18.2 Å². The molecule has 5 heteroatoms. The molecule has 0 aliphatic heterocycles. The molecule has 0 aliphatic carbocycles. The molecule has 22 heavy (non-hydrogen) atoms. The van der Waals surface area contributed by atoms with Crippen LogP contribution in [-0.4, -0.2) is 16.7 Å². The van der Waals surface area contributed by atoms with E-state index in [1.54, 1.807) is 35.2 Å². The molecule has 0 atom stereocenters. The van der Waals surface area contributed by atoms with Crippen molar-refractivity contribution in [1.29, 1.82) is 0 Å². The summed E-state index contributed by atoms with van der Waals surface area (Å²) in [5, 5.41) is 0.934. The molecule has 0 saturated carbocycles. The second-order valence-electron chi connectivity index (χ2n) is 4.91. The predicted molar refractivity (Wildman–Crippen MR) is 84.8 cm³/mol. The number of aliphatic imine (C=N–C) groups is 1. The first-order valence-corrected chi connectivity index (χ1v) is 6.80. The molecule has 3 rings (SSSR count). The number of hydrogen-bond donors (Lipinski definition) is 1. The maximum atomic E-state index is 13.6. The summed E-state index contributed by atoms with van der Waals surface area (Å²) in [6.07, 6.45) is 3.39.